The van der Waals surface area contributed by atoms with Crippen LogP contribution in [0.15, 0.2) is 48.8 Å². The van der Waals surface area contributed by atoms with E-state index in [2.05, 4.69) is 20.3 Å². The number of nitrogens with zero attached hydrogens (tertiary/aromatic N) is 5. The Morgan fingerprint density at radius 1 is 0.952 bits per heavy atom. The van der Waals surface area contributed by atoms with Crippen molar-refractivity contribution in [2.45, 2.75) is 19.6 Å². The van der Waals surface area contributed by atoms with E-state index in [0.717, 1.165) is 11.8 Å². The number of carbonyl (C=O) groups is 2. The molecule has 0 spiro atoms. The minimum Gasteiger partial charge on any atom is -0.382 e. The number of fused-ring (bicyclic) bond motifs is 1. The Morgan fingerprint density at radius 2 is 1.67 bits per heavy atom. The summed E-state index contributed by atoms with van der Waals surface area (Å²) in [5.41, 5.74) is 6.14. The maximum absolute atomic E-state index is 15.1. The van der Waals surface area contributed by atoms with Crippen molar-refractivity contribution in [2.75, 3.05) is 42.5 Å². The van der Waals surface area contributed by atoms with Crippen molar-refractivity contribution in [1.29, 1.82) is 0 Å². The number of piperazine rings is 1. The van der Waals surface area contributed by atoms with E-state index in [0.29, 0.717) is 67.6 Å². The minimum absolute atomic E-state index is 0.0193. The van der Waals surface area contributed by atoms with Gasteiger partial charge in [0.15, 0.2) is 5.82 Å². The van der Waals surface area contributed by atoms with Crippen LogP contribution in [0, 0.1) is 11.6 Å². The number of rotatable bonds is 5. The number of carbonyl (C=O) groups excluding carboxylic acids is 2. The fraction of sp³-hybridized carbons (Fsp3) is 0.259. The first-order valence-corrected chi connectivity index (χ1v) is 12.7. The number of aromatic nitrogens is 3. The van der Waals surface area contributed by atoms with Gasteiger partial charge in [-0.3, -0.25) is 9.69 Å². The molecule has 1 saturated heterocycles. The van der Waals surface area contributed by atoms with Gasteiger partial charge in [0.05, 0.1) is 22.6 Å². The predicted molar refractivity (Wildman–Crippen MR) is 144 cm³/mol. The first-order valence-electron chi connectivity index (χ1n) is 12.7. The monoisotopic (exact) mass is 588 g/mol. The molecule has 4 aromatic rings. The predicted octanol–water partition coefficient (Wildman–Crippen LogP) is 4.58. The molecule has 0 saturated carbocycles. The van der Waals surface area contributed by atoms with E-state index in [1.807, 2.05) is 11.4 Å². The van der Waals surface area contributed by atoms with Gasteiger partial charge in [0.25, 0.3) is 0 Å². The van der Waals surface area contributed by atoms with Crippen LogP contribution in [0.1, 0.15) is 18.2 Å². The Labute approximate surface area is 235 Å². The third-order valence-electron chi connectivity index (χ3n) is 6.93. The first kappa shape index (κ1) is 28.7. The number of nitrogen functional groups attached to an aromatic ring is 1. The van der Waals surface area contributed by atoms with Gasteiger partial charge in [0.2, 0.25) is 5.91 Å². The molecule has 1 aliphatic rings. The molecule has 1 fully saturated rings. The van der Waals surface area contributed by atoms with Gasteiger partial charge >= 0.3 is 12.2 Å². The van der Waals surface area contributed by atoms with Gasteiger partial charge in [-0.25, -0.2) is 23.1 Å². The van der Waals surface area contributed by atoms with Gasteiger partial charge < -0.3 is 21.3 Å². The van der Waals surface area contributed by atoms with Crippen molar-refractivity contribution < 1.29 is 31.5 Å². The van der Waals surface area contributed by atoms with Gasteiger partial charge in [-0.05, 0) is 42.0 Å². The number of nitrogens with two attached hydrogens (primary N) is 1. The molecule has 3 heterocycles. The highest BCUT2D eigenvalue weighted by Gasteiger charge is 2.31. The normalized spacial score (nSPS) is 14.3. The number of hydrogen-bond donors (Lipinski definition) is 3. The molecule has 4 N–H and O–H groups in total. The van der Waals surface area contributed by atoms with Crippen molar-refractivity contribution in [3.63, 3.8) is 0 Å². The van der Waals surface area contributed by atoms with E-state index < -0.39 is 35.1 Å². The summed E-state index contributed by atoms with van der Waals surface area (Å²) < 4.78 is 69.7. The lowest BCUT2D eigenvalue weighted by molar-refractivity contribution is -0.137. The maximum atomic E-state index is 15.1. The summed E-state index contributed by atoms with van der Waals surface area (Å²) >= 11 is 0. The van der Waals surface area contributed by atoms with Crippen LogP contribution in [0.4, 0.5) is 43.9 Å². The highest BCUT2D eigenvalue weighted by atomic mass is 19.4. The first-order chi connectivity index (χ1) is 19.9. The number of urea groups is 1. The molecule has 0 radical (unpaired) electrons. The van der Waals surface area contributed by atoms with Crippen molar-refractivity contribution in [3.8, 4) is 11.1 Å². The summed E-state index contributed by atoms with van der Waals surface area (Å²) in [6, 6.07) is 6.16. The van der Waals surface area contributed by atoms with Crippen LogP contribution in [0.25, 0.3) is 16.6 Å². The van der Waals surface area contributed by atoms with Crippen molar-refractivity contribution >= 4 is 34.6 Å². The Bertz CT molecular complexity index is 1660. The van der Waals surface area contributed by atoms with E-state index in [1.165, 1.54) is 25.4 Å². The number of hydrogen-bond acceptors (Lipinski definition) is 6. The zero-order chi connectivity index (χ0) is 30.2. The molecule has 220 valence electrons. The van der Waals surface area contributed by atoms with Gasteiger partial charge in [0, 0.05) is 45.2 Å². The molecule has 0 unspecified atom stereocenters. The fourth-order valence-electron chi connectivity index (χ4n) is 4.77. The van der Waals surface area contributed by atoms with Crippen LogP contribution in [0.2, 0.25) is 0 Å². The Morgan fingerprint density at radius 3 is 2.33 bits per heavy atom. The standard InChI is InChI=1S/C27H25F5N8O2/c1-15(41)39-8-6-38(7-9-39)13-18-12-19(24-25(33)34-14-35-40(18)24)16-2-5-22(21(29)10-16)36-26(42)37-23-11-17(27(30,31)32)3-4-20(23)28/h2-5,10-12,14H,6-9,13H2,1H3,(H2,33,34,35)(H2,36,37,42). The highest BCUT2D eigenvalue weighted by molar-refractivity contribution is 6.00. The third-order valence-corrected chi connectivity index (χ3v) is 6.93. The molecular weight excluding hydrogens is 563 g/mol. The Balaban J connectivity index is 1.36. The summed E-state index contributed by atoms with van der Waals surface area (Å²) in [6.07, 6.45) is -3.44. The molecular formula is C27H25F5N8O2. The van der Waals surface area contributed by atoms with Crippen LogP contribution >= 0.6 is 0 Å². The molecule has 42 heavy (non-hydrogen) atoms. The summed E-state index contributed by atoms with van der Waals surface area (Å²) in [5.74, 6) is -1.77. The summed E-state index contributed by atoms with van der Waals surface area (Å²) in [6.45, 7) is 4.52. The van der Waals surface area contributed by atoms with Crippen LogP contribution in [0.5, 0.6) is 0 Å². The zero-order valence-corrected chi connectivity index (χ0v) is 22.2. The highest BCUT2D eigenvalue weighted by Crippen LogP contribution is 2.34. The Hall–Kier alpha value is -4.79. The summed E-state index contributed by atoms with van der Waals surface area (Å²) in [4.78, 5) is 32.0. The van der Waals surface area contributed by atoms with Crippen LogP contribution in [-0.2, 0) is 17.5 Å². The topological polar surface area (TPSA) is 121 Å². The van der Waals surface area contributed by atoms with Gasteiger partial charge in [-0.2, -0.15) is 18.3 Å². The minimum atomic E-state index is -4.75. The zero-order valence-electron chi connectivity index (χ0n) is 22.2. The van der Waals surface area contributed by atoms with Gasteiger partial charge in [-0.15, -0.1) is 0 Å². The lowest BCUT2D eigenvalue weighted by Gasteiger charge is -2.33. The molecule has 10 nitrogen and oxygen atoms in total. The summed E-state index contributed by atoms with van der Waals surface area (Å²) in [5, 5.41) is 8.47. The van der Waals surface area contributed by atoms with Gasteiger partial charge in [0.1, 0.15) is 23.5 Å². The van der Waals surface area contributed by atoms with Crippen molar-refractivity contribution in [2.24, 2.45) is 0 Å². The fourth-order valence-corrected chi connectivity index (χ4v) is 4.77. The van der Waals surface area contributed by atoms with E-state index in [-0.39, 0.29) is 17.4 Å². The SMILES string of the molecule is CC(=O)N1CCN(Cc2cc(-c3ccc(NC(=O)Nc4cc(C(F)(F)F)ccc4F)c(F)c3)c3c(N)ncnn23)CC1. The van der Waals surface area contributed by atoms with Crippen molar-refractivity contribution in [1.82, 2.24) is 24.4 Å². The van der Waals surface area contributed by atoms with E-state index >= 15 is 4.39 Å². The maximum Gasteiger partial charge on any atom is 0.416 e. The number of amides is 3. The lowest BCUT2D eigenvalue weighted by Crippen LogP contribution is -2.47. The molecule has 1 aliphatic heterocycles. The van der Waals surface area contributed by atoms with Crippen molar-refractivity contribution in [3.05, 3.63) is 71.7 Å². The smallest absolute Gasteiger partial charge is 0.382 e. The summed E-state index contributed by atoms with van der Waals surface area (Å²) in [7, 11) is 0. The number of benzene rings is 2. The molecule has 0 aliphatic carbocycles. The largest absolute Gasteiger partial charge is 0.416 e. The number of nitrogens with one attached hydrogen (secondary N) is 2. The molecule has 5 rings (SSSR count). The number of halogens is 5. The number of alkyl halides is 3. The molecule has 2 aromatic heterocycles. The van der Waals surface area contributed by atoms with E-state index in [9.17, 15) is 27.2 Å². The molecule has 2 aromatic carbocycles. The van der Waals surface area contributed by atoms with Crippen LogP contribution in [0.3, 0.4) is 0 Å². The number of anilines is 3. The second-order valence-electron chi connectivity index (χ2n) is 9.70. The van der Waals surface area contributed by atoms with Crippen LogP contribution in [-0.4, -0.2) is 62.5 Å². The molecule has 0 atom stereocenters. The Kier molecular flexibility index (Phi) is 7.69. The third kappa shape index (κ3) is 5.95. The quantitative estimate of drug-likeness (QED) is 0.294. The molecule has 15 heteroatoms. The lowest BCUT2D eigenvalue weighted by atomic mass is 10.1. The second kappa shape index (κ2) is 11.2. The van der Waals surface area contributed by atoms with E-state index in [1.54, 1.807) is 9.42 Å². The van der Waals surface area contributed by atoms with Gasteiger partial charge in [-0.1, -0.05) is 6.07 Å². The molecule has 0 bridgehead atoms. The van der Waals surface area contributed by atoms with Crippen LogP contribution < -0.4 is 16.4 Å². The second-order valence-corrected chi connectivity index (χ2v) is 9.70. The average Bonchev–Trinajstić information content (AvgIpc) is 3.30. The van der Waals surface area contributed by atoms with E-state index in [4.69, 9.17) is 5.73 Å². The molecule has 3 amide bonds. The average molecular weight is 589 g/mol.